The lowest BCUT2D eigenvalue weighted by Gasteiger charge is -2.60. The largest absolute Gasteiger partial charge is 0.467 e. The minimum absolute atomic E-state index is 0.0942. The van der Waals surface area contributed by atoms with Crippen LogP contribution >= 0.6 is 0 Å². The van der Waals surface area contributed by atoms with Crippen LogP contribution in [-0.4, -0.2) is 29.6 Å². The summed E-state index contributed by atoms with van der Waals surface area (Å²) in [6.07, 6.45) is 11.3. The highest BCUT2D eigenvalue weighted by molar-refractivity contribution is 5.80. The zero-order chi connectivity index (χ0) is 16.9. The number of amides is 1. The summed E-state index contributed by atoms with van der Waals surface area (Å²) in [5.74, 6) is 3.95. The summed E-state index contributed by atoms with van der Waals surface area (Å²) in [7, 11) is 0. The third-order valence-electron chi connectivity index (χ3n) is 7.31. The van der Waals surface area contributed by atoms with Gasteiger partial charge in [0, 0.05) is 24.7 Å². The first-order valence-corrected chi connectivity index (χ1v) is 10.1. The number of carbonyl (C=O) groups excluding carboxylic acids is 1. The van der Waals surface area contributed by atoms with Crippen LogP contribution in [0.1, 0.15) is 57.1 Å². The SMILES string of the molecule is O=C(C1CCOCC1)N(Cc1ccco1)C12CC3CC(CC(C3)C1)C2. The van der Waals surface area contributed by atoms with Crippen LogP contribution in [0, 0.1) is 23.7 Å². The van der Waals surface area contributed by atoms with Crippen LogP contribution in [0.3, 0.4) is 0 Å². The molecule has 1 aliphatic heterocycles. The minimum Gasteiger partial charge on any atom is -0.467 e. The normalized spacial score (nSPS) is 37.4. The van der Waals surface area contributed by atoms with E-state index < -0.39 is 0 Å². The van der Waals surface area contributed by atoms with Crippen molar-refractivity contribution in [1.29, 1.82) is 0 Å². The van der Waals surface area contributed by atoms with Crippen molar-refractivity contribution in [1.82, 2.24) is 4.90 Å². The minimum atomic E-state index is 0.0942. The fraction of sp³-hybridized carbons (Fsp3) is 0.762. The zero-order valence-electron chi connectivity index (χ0n) is 15.0. The number of carbonyl (C=O) groups is 1. The molecule has 5 aliphatic rings. The molecule has 0 unspecified atom stereocenters. The number of furan rings is 1. The van der Waals surface area contributed by atoms with Crippen molar-refractivity contribution < 1.29 is 13.9 Å². The zero-order valence-corrected chi connectivity index (χ0v) is 15.0. The van der Waals surface area contributed by atoms with Gasteiger partial charge in [-0.1, -0.05) is 0 Å². The van der Waals surface area contributed by atoms with Crippen molar-refractivity contribution >= 4 is 5.91 Å². The van der Waals surface area contributed by atoms with E-state index in [0.29, 0.717) is 12.5 Å². The average molecular weight is 343 g/mol. The Morgan fingerprint density at radius 1 is 1.08 bits per heavy atom. The molecular formula is C21H29NO3. The lowest BCUT2D eigenvalue weighted by atomic mass is 9.52. The van der Waals surface area contributed by atoms with E-state index >= 15 is 0 Å². The van der Waals surface area contributed by atoms with Crippen LogP contribution in [0.5, 0.6) is 0 Å². The maximum atomic E-state index is 13.6. The maximum absolute atomic E-state index is 13.6. The van der Waals surface area contributed by atoms with E-state index in [1.165, 1.54) is 38.5 Å². The smallest absolute Gasteiger partial charge is 0.226 e. The molecule has 0 radical (unpaired) electrons. The number of rotatable bonds is 4. The fourth-order valence-electron chi connectivity index (χ4n) is 6.60. The molecule has 5 fully saturated rings. The molecule has 6 rings (SSSR count). The fourth-order valence-corrected chi connectivity index (χ4v) is 6.60. The van der Waals surface area contributed by atoms with E-state index in [4.69, 9.17) is 9.15 Å². The first-order valence-electron chi connectivity index (χ1n) is 10.1. The van der Waals surface area contributed by atoms with E-state index in [1.54, 1.807) is 6.26 Å². The summed E-state index contributed by atoms with van der Waals surface area (Å²) < 4.78 is 11.1. The highest BCUT2D eigenvalue weighted by Gasteiger charge is 2.55. The third-order valence-corrected chi connectivity index (χ3v) is 7.31. The Hall–Kier alpha value is -1.29. The standard InChI is InChI=1S/C21H29NO3/c23-20(18-3-6-24-7-4-18)22(14-19-2-1-5-25-19)21-11-15-8-16(12-21)10-17(9-15)13-21/h1-2,5,15-18H,3-4,6-14H2. The summed E-state index contributed by atoms with van der Waals surface area (Å²) in [6, 6.07) is 3.96. The monoisotopic (exact) mass is 343 g/mol. The lowest BCUT2D eigenvalue weighted by molar-refractivity contribution is -0.160. The van der Waals surface area contributed by atoms with Crippen molar-refractivity contribution in [3.05, 3.63) is 24.2 Å². The van der Waals surface area contributed by atoms with Gasteiger partial charge < -0.3 is 14.1 Å². The first kappa shape index (κ1) is 15.9. The van der Waals surface area contributed by atoms with Crippen molar-refractivity contribution in [3.63, 3.8) is 0 Å². The van der Waals surface area contributed by atoms with Gasteiger partial charge in [-0.25, -0.2) is 0 Å². The second-order valence-electron chi connectivity index (χ2n) is 9.03. The molecule has 25 heavy (non-hydrogen) atoms. The molecule has 0 aromatic carbocycles. The van der Waals surface area contributed by atoms with Crippen LogP contribution in [0.4, 0.5) is 0 Å². The number of hydrogen-bond acceptors (Lipinski definition) is 3. The Bertz CT molecular complexity index is 582. The predicted octanol–water partition coefficient (Wildman–Crippen LogP) is 4.00. The first-order chi connectivity index (χ1) is 12.2. The van der Waals surface area contributed by atoms with Gasteiger partial charge in [0.2, 0.25) is 5.91 Å². The molecule has 4 aliphatic carbocycles. The Morgan fingerprint density at radius 3 is 2.28 bits per heavy atom. The summed E-state index contributed by atoms with van der Waals surface area (Å²) in [5, 5.41) is 0. The maximum Gasteiger partial charge on any atom is 0.226 e. The van der Waals surface area contributed by atoms with Gasteiger partial charge >= 0.3 is 0 Å². The quantitative estimate of drug-likeness (QED) is 0.830. The highest BCUT2D eigenvalue weighted by Crippen LogP contribution is 2.58. The van der Waals surface area contributed by atoms with Gasteiger partial charge in [-0.2, -0.15) is 0 Å². The molecular weight excluding hydrogens is 314 g/mol. The van der Waals surface area contributed by atoms with Gasteiger partial charge in [0.1, 0.15) is 5.76 Å². The van der Waals surface area contributed by atoms with Gasteiger partial charge in [-0.3, -0.25) is 4.79 Å². The second-order valence-corrected chi connectivity index (χ2v) is 9.03. The van der Waals surface area contributed by atoms with Gasteiger partial charge in [0.25, 0.3) is 0 Å². The van der Waals surface area contributed by atoms with Crippen molar-refractivity contribution in [2.24, 2.45) is 23.7 Å². The van der Waals surface area contributed by atoms with E-state index in [2.05, 4.69) is 4.90 Å². The van der Waals surface area contributed by atoms with Crippen LogP contribution in [0.25, 0.3) is 0 Å². The van der Waals surface area contributed by atoms with E-state index in [0.717, 1.165) is 49.6 Å². The van der Waals surface area contributed by atoms with Gasteiger partial charge in [0.15, 0.2) is 0 Å². The van der Waals surface area contributed by atoms with Crippen molar-refractivity contribution in [3.8, 4) is 0 Å². The molecule has 0 N–H and O–H groups in total. The highest BCUT2D eigenvalue weighted by atomic mass is 16.5. The molecule has 1 amide bonds. The van der Waals surface area contributed by atoms with Crippen LogP contribution in [0.2, 0.25) is 0 Å². The molecule has 1 saturated heterocycles. The molecule has 4 saturated carbocycles. The third kappa shape index (κ3) is 2.83. The number of ether oxygens (including phenoxy) is 1. The number of hydrogen-bond donors (Lipinski definition) is 0. The average Bonchev–Trinajstić information content (AvgIpc) is 3.12. The van der Waals surface area contributed by atoms with Crippen LogP contribution < -0.4 is 0 Å². The van der Waals surface area contributed by atoms with E-state index in [9.17, 15) is 4.79 Å². The molecule has 4 nitrogen and oxygen atoms in total. The Balaban J connectivity index is 1.45. The van der Waals surface area contributed by atoms with E-state index in [-0.39, 0.29) is 11.5 Å². The molecule has 2 heterocycles. The Morgan fingerprint density at radius 2 is 1.72 bits per heavy atom. The van der Waals surface area contributed by atoms with Crippen LogP contribution in [0.15, 0.2) is 22.8 Å². The predicted molar refractivity (Wildman–Crippen MR) is 93.7 cm³/mol. The van der Waals surface area contributed by atoms with Gasteiger partial charge in [-0.15, -0.1) is 0 Å². The molecule has 4 heteroatoms. The summed E-state index contributed by atoms with van der Waals surface area (Å²) >= 11 is 0. The number of nitrogens with zero attached hydrogens (tertiary/aromatic N) is 1. The second kappa shape index (κ2) is 6.15. The molecule has 4 bridgehead atoms. The molecule has 0 spiro atoms. The van der Waals surface area contributed by atoms with Crippen LogP contribution in [-0.2, 0) is 16.1 Å². The van der Waals surface area contributed by atoms with E-state index in [1.807, 2.05) is 12.1 Å². The van der Waals surface area contributed by atoms with Gasteiger partial charge in [0.05, 0.1) is 12.8 Å². The van der Waals surface area contributed by atoms with Crippen molar-refractivity contribution in [2.45, 2.75) is 63.5 Å². The Kier molecular flexibility index (Phi) is 3.92. The lowest BCUT2D eigenvalue weighted by Crippen LogP contribution is -2.62. The molecule has 1 aromatic heterocycles. The topological polar surface area (TPSA) is 42.7 Å². The Labute approximate surface area is 149 Å². The molecule has 136 valence electrons. The summed E-state index contributed by atoms with van der Waals surface area (Å²) in [4.78, 5) is 15.8. The molecule has 1 aromatic rings. The summed E-state index contributed by atoms with van der Waals surface area (Å²) in [6.45, 7) is 2.10. The summed E-state index contributed by atoms with van der Waals surface area (Å²) in [5.41, 5.74) is 0.0942. The van der Waals surface area contributed by atoms with Gasteiger partial charge in [-0.05, 0) is 81.3 Å². The van der Waals surface area contributed by atoms with Crippen molar-refractivity contribution in [2.75, 3.05) is 13.2 Å². The molecule has 0 atom stereocenters.